The van der Waals surface area contributed by atoms with Gasteiger partial charge in [0.1, 0.15) is 12.0 Å². The Morgan fingerprint density at radius 2 is 1.69 bits per heavy atom. The van der Waals surface area contributed by atoms with Gasteiger partial charge in [-0.05, 0) is 72.7 Å². The van der Waals surface area contributed by atoms with Crippen molar-refractivity contribution >= 4 is 33.6 Å². The molecule has 4 heteroatoms. The van der Waals surface area contributed by atoms with E-state index in [2.05, 4.69) is 119 Å². The van der Waals surface area contributed by atoms with Crippen molar-refractivity contribution in [3.8, 4) is 0 Å². The first kappa shape index (κ1) is 22.7. The van der Waals surface area contributed by atoms with Crippen LogP contribution in [-0.4, -0.2) is 29.6 Å². The first-order valence-electron chi connectivity index (χ1n) is 14.2. The molecule has 0 amide bonds. The average Bonchev–Trinajstić information content (AvgIpc) is 3.32. The zero-order valence-electron chi connectivity index (χ0n) is 22.3. The predicted octanol–water partition coefficient (Wildman–Crippen LogP) is 7.80. The Labute approximate surface area is 230 Å². The molecule has 4 heterocycles. The first-order valence-corrected chi connectivity index (χ1v) is 14.2. The number of hydrogen-bond acceptors (Lipinski definition) is 4. The summed E-state index contributed by atoms with van der Waals surface area (Å²) in [7, 11) is 2.16. The van der Waals surface area contributed by atoms with Gasteiger partial charge >= 0.3 is 0 Å². The largest absolute Gasteiger partial charge is 0.376 e. The van der Waals surface area contributed by atoms with Crippen LogP contribution in [-0.2, 0) is 0 Å². The van der Waals surface area contributed by atoms with E-state index in [1.54, 1.807) is 5.57 Å². The lowest BCUT2D eigenvalue weighted by Crippen LogP contribution is -2.44. The Morgan fingerprint density at radius 1 is 0.821 bits per heavy atom. The molecule has 0 saturated carbocycles. The van der Waals surface area contributed by atoms with Crippen molar-refractivity contribution in [1.82, 2.24) is 9.88 Å². The fourth-order valence-corrected chi connectivity index (χ4v) is 6.97. The molecular weight excluding hydrogens is 476 g/mol. The summed E-state index contributed by atoms with van der Waals surface area (Å²) in [5.41, 5.74) is 11.8. The number of benzene rings is 2. The van der Waals surface area contributed by atoms with Gasteiger partial charge in [0.25, 0.3) is 0 Å². The van der Waals surface area contributed by atoms with Crippen LogP contribution in [0.1, 0.15) is 43.2 Å². The maximum Gasteiger partial charge on any atom is 0.136 e. The van der Waals surface area contributed by atoms with Gasteiger partial charge in [-0.1, -0.05) is 60.7 Å². The molecule has 2 aliphatic carbocycles. The molecule has 0 bridgehead atoms. The molecule has 4 nitrogen and oxygen atoms in total. The number of para-hydroxylation sites is 2. The highest BCUT2D eigenvalue weighted by atomic mass is 15.4. The van der Waals surface area contributed by atoms with E-state index in [1.807, 2.05) is 0 Å². The van der Waals surface area contributed by atoms with Crippen LogP contribution < -0.4 is 9.80 Å². The van der Waals surface area contributed by atoms with Gasteiger partial charge in [0.05, 0.1) is 16.9 Å². The van der Waals surface area contributed by atoms with Crippen molar-refractivity contribution in [2.24, 2.45) is 0 Å². The molecule has 2 aromatic carbocycles. The number of anilines is 2. The van der Waals surface area contributed by atoms with Gasteiger partial charge in [-0.15, -0.1) is 0 Å². The molecule has 0 N–H and O–H groups in total. The van der Waals surface area contributed by atoms with Crippen LogP contribution in [0.2, 0.25) is 0 Å². The van der Waals surface area contributed by atoms with Gasteiger partial charge in [-0.25, -0.2) is 4.98 Å². The van der Waals surface area contributed by atoms with E-state index in [9.17, 15) is 0 Å². The maximum absolute atomic E-state index is 5.38. The fraction of sp³-hybridized carbons (Fsp3) is 0.229. The second-order valence-corrected chi connectivity index (χ2v) is 11.2. The molecule has 39 heavy (non-hydrogen) atoms. The number of likely N-dealkylation sites (N-methyl/N-ethyl adjacent to an activating group) is 1. The molecule has 192 valence electrons. The molecule has 1 atom stereocenters. The molecule has 0 saturated heterocycles. The number of nitrogens with zero attached hydrogens (tertiary/aromatic N) is 4. The van der Waals surface area contributed by atoms with E-state index < -0.39 is 0 Å². The lowest BCUT2D eigenvalue weighted by Gasteiger charge is -2.38. The van der Waals surface area contributed by atoms with Gasteiger partial charge in [-0.3, -0.25) is 0 Å². The van der Waals surface area contributed by atoms with Gasteiger partial charge in [-0.2, -0.15) is 0 Å². The highest BCUT2D eigenvalue weighted by Gasteiger charge is 2.42. The lowest BCUT2D eigenvalue weighted by molar-refractivity contribution is 0.508. The molecule has 5 aliphatic rings. The number of pyridine rings is 1. The fourth-order valence-electron chi connectivity index (χ4n) is 6.97. The summed E-state index contributed by atoms with van der Waals surface area (Å²) >= 11 is 0. The summed E-state index contributed by atoms with van der Waals surface area (Å²) in [4.78, 5) is 12.8. The predicted molar refractivity (Wildman–Crippen MR) is 162 cm³/mol. The topological polar surface area (TPSA) is 22.6 Å². The molecular formula is C35H32N4. The molecule has 1 aromatic heterocycles. The standard InChI is InChI=1S/C35H32N4/c1-37-20-19-33-29(23-37)27-15-7-10-18-32(27)38-31-17-9-5-13-25(31)21-35(38)39(33)34-22-28(24-11-3-2-4-12-24)26-14-6-8-16-30(26)36-34/h3,6-12,14-20,22,35H,2,4-5,13,21,23H2,1H3. The average molecular weight is 509 g/mol. The molecule has 0 spiro atoms. The monoisotopic (exact) mass is 508 g/mol. The summed E-state index contributed by atoms with van der Waals surface area (Å²) in [6.45, 7) is 0.871. The van der Waals surface area contributed by atoms with Gasteiger partial charge < -0.3 is 14.7 Å². The van der Waals surface area contributed by atoms with Gasteiger partial charge in [0, 0.05) is 48.4 Å². The van der Waals surface area contributed by atoms with E-state index in [1.165, 1.54) is 44.7 Å². The van der Waals surface area contributed by atoms with Crippen LogP contribution in [0.15, 0.2) is 114 Å². The first-order chi connectivity index (χ1) is 19.3. The molecule has 3 aliphatic heterocycles. The Bertz CT molecular complexity index is 1700. The summed E-state index contributed by atoms with van der Waals surface area (Å²) in [5, 5.41) is 1.22. The van der Waals surface area contributed by atoms with Crippen LogP contribution in [0, 0.1) is 0 Å². The number of hydrogen-bond donors (Lipinski definition) is 0. The number of fused-ring (bicyclic) bond motifs is 6. The zero-order chi connectivity index (χ0) is 25.9. The van der Waals surface area contributed by atoms with Crippen LogP contribution in [0.4, 0.5) is 11.5 Å². The Kier molecular flexibility index (Phi) is 5.16. The van der Waals surface area contributed by atoms with Gasteiger partial charge in [0.15, 0.2) is 0 Å². The third-order valence-electron chi connectivity index (χ3n) is 8.74. The third kappa shape index (κ3) is 3.55. The van der Waals surface area contributed by atoms with E-state index in [0.717, 1.165) is 50.0 Å². The van der Waals surface area contributed by atoms with Crippen molar-refractivity contribution < 1.29 is 0 Å². The van der Waals surface area contributed by atoms with E-state index >= 15 is 0 Å². The van der Waals surface area contributed by atoms with Crippen LogP contribution >= 0.6 is 0 Å². The normalized spacial score (nSPS) is 21.6. The van der Waals surface area contributed by atoms with Crippen molar-refractivity contribution in [1.29, 1.82) is 0 Å². The van der Waals surface area contributed by atoms with Crippen LogP contribution in [0.25, 0.3) is 22.0 Å². The number of allylic oxidation sites excluding steroid dienone is 7. The highest BCUT2D eigenvalue weighted by molar-refractivity contribution is 5.97. The van der Waals surface area contributed by atoms with Crippen LogP contribution in [0.3, 0.4) is 0 Å². The highest BCUT2D eigenvalue weighted by Crippen LogP contribution is 2.49. The zero-order valence-corrected chi connectivity index (χ0v) is 22.3. The summed E-state index contributed by atoms with van der Waals surface area (Å²) in [6, 6.07) is 20.0. The second kappa shape index (κ2) is 8.88. The van der Waals surface area contributed by atoms with Crippen molar-refractivity contribution in [3.05, 3.63) is 125 Å². The summed E-state index contributed by atoms with van der Waals surface area (Å²) in [6.07, 6.45) is 21.8. The Morgan fingerprint density at radius 3 is 2.62 bits per heavy atom. The van der Waals surface area contributed by atoms with Crippen molar-refractivity contribution in [2.75, 3.05) is 23.4 Å². The Balaban J connectivity index is 1.40. The van der Waals surface area contributed by atoms with Crippen LogP contribution in [0.5, 0.6) is 0 Å². The SMILES string of the molecule is CN1C=CC2=C(C1)c1ccccc1N1C3=C(CCC=C3)CC1N2c1cc(C2=CCCC=C2)c2ccccc2n1. The van der Waals surface area contributed by atoms with E-state index in [0.29, 0.717) is 0 Å². The quantitative estimate of drug-likeness (QED) is 0.352. The van der Waals surface area contributed by atoms with E-state index in [-0.39, 0.29) is 6.17 Å². The van der Waals surface area contributed by atoms with Crippen molar-refractivity contribution in [2.45, 2.75) is 38.3 Å². The number of aromatic nitrogens is 1. The smallest absolute Gasteiger partial charge is 0.136 e. The summed E-state index contributed by atoms with van der Waals surface area (Å²) < 4.78 is 0. The van der Waals surface area contributed by atoms with E-state index in [4.69, 9.17) is 4.98 Å². The lowest BCUT2D eigenvalue weighted by atomic mass is 9.95. The Hall–Kier alpha value is -4.31. The maximum atomic E-state index is 5.38. The third-order valence-corrected chi connectivity index (χ3v) is 8.74. The van der Waals surface area contributed by atoms with Gasteiger partial charge in [0.2, 0.25) is 0 Å². The second-order valence-electron chi connectivity index (χ2n) is 11.2. The minimum absolute atomic E-state index is 0.136. The molecule has 3 aromatic rings. The molecule has 0 radical (unpaired) electrons. The molecule has 8 rings (SSSR count). The molecule has 1 unspecified atom stereocenters. The van der Waals surface area contributed by atoms with Crippen molar-refractivity contribution in [3.63, 3.8) is 0 Å². The molecule has 0 fully saturated rings. The minimum Gasteiger partial charge on any atom is -0.376 e. The summed E-state index contributed by atoms with van der Waals surface area (Å²) in [5.74, 6) is 1.02. The minimum atomic E-state index is 0.136. The number of rotatable bonds is 2.